The quantitative estimate of drug-likeness (QED) is 0.575. The topological polar surface area (TPSA) is 52.6 Å². The third kappa shape index (κ3) is 6.64. The number of rotatable bonds is 10. The number of hydrogen-bond acceptors (Lipinski definition) is 3. The Balaban J connectivity index is 3.87. The smallest absolute Gasteiger partial charge is 0.320 e. The molecule has 0 saturated carbocycles. The number of aliphatic carboxylic acids is 1. The second-order valence-corrected chi connectivity index (χ2v) is 4.54. The lowest BCUT2D eigenvalue weighted by Crippen LogP contribution is -2.42. The van der Waals surface area contributed by atoms with Crippen molar-refractivity contribution in [1.82, 2.24) is 10.2 Å². The predicted octanol–water partition coefficient (Wildman–Crippen LogP) is 1.81. The minimum atomic E-state index is -0.734. The molecule has 0 aliphatic carbocycles. The Morgan fingerprint density at radius 1 is 1.29 bits per heavy atom. The van der Waals surface area contributed by atoms with E-state index in [1.165, 1.54) is 0 Å². The normalized spacial score (nSPS) is 14.9. The molecule has 0 aliphatic heterocycles. The van der Waals surface area contributed by atoms with Gasteiger partial charge in [-0.3, -0.25) is 4.79 Å². The van der Waals surface area contributed by atoms with Crippen molar-refractivity contribution in [1.29, 1.82) is 0 Å². The molecule has 4 nitrogen and oxygen atoms in total. The molecule has 0 bridgehead atoms. The van der Waals surface area contributed by atoms with E-state index in [0.717, 1.165) is 39.0 Å². The largest absolute Gasteiger partial charge is 0.480 e. The third-order valence-electron chi connectivity index (χ3n) is 3.39. The van der Waals surface area contributed by atoms with Crippen LogP contribution in [0.2, 0.25) is 0 Å². The van der Waals surface area contributed by atoms with Gasteiger partial charge in [0.1, 0.15) is 6.04 Å². The first-order valence-electron chi connectivity index (χ1n) is 6.75. The van der Waals surface area contributed by atoms with Crippen LogP contribution in [0.1, 0.15) is 40.5 Å². The number of carboxylic acid groups (broad SMARTS) is 1. The van der Waals surface area contributed by atoms with Crippen molar-refractivity contribution in [3.63, 3.8) is 0 Å². The molecule has 102 valence electrons. The number of nitrogens with zero attached hydrogens (tertiary/aromatic N) is 1. The lowest BCUT2D eigenvalue weighted by molar-refractivity contribution is -0.140. The zero-order valence-electron chi connectivity index (χ0n) is 11.7. The van der Waals surface area contributed by atoms with Crippen molar-refractivity contribution < 1.29 is 9.90 Å². The zero-order valence-corrected chi connectivity index (χ0v) is 11.7. The summed E-state index contributed by atoms with van der Waals surface area (Å²) in [5.41, 5.74) is 0. The highest BCUT2D eigenvalue weighted by molar-refractivity contribution is 5.73. The maximum Gasteiger partial charge on any atom is 0.320 e. The fraction of sp³-hybridized carbons (Fsp3) is 0.923. The molecule has 0 saturated heterocycles. The van der Waals surface area contributed by atoms with Crippen molar-refractivity contribution in [3.05, 3.63) is 0 Å². The molecule has 0 aromatic rings. The van der Waals surface area contributed by atoms with E-state index in [1.807, 2.05) is 13.8 Å². The van der Waals surface area contributed by atoms with Crippen LogP contribution in [0.4, 0.5) is 0 Å². The summed E-state index contributed by atoms with van der Waals surface area (Å²) < 4.78 is 0. The van der Waals surface area contributed by atoms with E-state index in [0.29, 0.717) is 0 Å². The summed E-state index contributed by atoms with van der Waals surface area (Å²) >= 11 is 0. The first-order valence-corrected chi connectivity index (χ1v) is 6.75. The van der Waals surface area contributed by atoms with E-state index in [1.54, 1.807) is 0 Å². The van der Waals surface area contributed by atoms with Gasteiger partial charge in [0.2, 0.25) is 0 Å². The maximum absolute atomic E-state index is 11.1. The van der Waals surface area contributed by atoms with Gasteiger partial charge in [-0.15, -0.1) is 0 Å². The molecule has 17 heavy (non-hydrogen) atoms. The number of nitrogens with one attached hydrogen (secondary N) is 1. The van der Waals surface area contributed by atoms with Crippen LogP contribution in [0.15, 0.2) is 0 Å². The summed E-state index contributed by atoms with van der Waals surface area (Å²) in [5.74, 6) is -0.553. The van der Waals surface area contributed by atoms with E-state index in [4.69, 9.17) is 5.11 Å². The van der Waals surface area contributed by atoms with Crippen LogP contribution < -0.4 is 5.32 Å². The monoisotopic (exact) mass is 244 g/mol. The van der Waals surface area contributed by atoms with Crippen LogP contribution in [0.5, 0.6) is 0 Å². The maximum atomic E-state index is 11.1. The van der Waals surface area contributed by atoms with Crippen molar-refractivity contribution in [2.24, 2.45) is 5.92 Å². The molecule has 2 atom stereocenters. The van der Waals surface area contributed by atoms with E-state index in [-0.39, 0.29) is 5.92 Å². The van der Waals surface area contributed by atoms with Gasteiger partial charge in [0.05, 0.1) is 0 Å². The van der Waals surface area contributed by atoms with Gasteiger partial charge in [0.15, 0.2) is 0 Å². The number of carbonyl (C=O) groups is 1. The van der Waals surface area contributed by atoms with Gasteiger partial charge < -0.3 is 15.3 Å². The van der Waals surface area contributed by atoms with Gasteiger partial charge in [-0.1, -0.05) is 34.1 Å². The average Bonchev–Trinajstić information content (AvgIpc) is 2.32. The molecule has 0 rings (SSSR count). The van der Waals surface area contributed by atoms with Crippen LogP contribution in [0.25, 0.3) is 0 Å². The minimum absolute atomic E-state index is 0.181. The van der Waals surface area contributed by atoms with Crippen molar-refractivity contribution in [2.45, 2.75) is 46.6 Å². The highest BCUT2D eigenvalue weighted by atomic mass is 16.4. The predicted molar refractivity (Wildman–Crippen MR) is 71.3 cm³/mol. The fourth-order valence-electron chi connectivity index (χ4n) is 1.87. The second kappa shape index (κ2) is 9.42. The Bertz CT molecular complexity index is 206. The van der Waals surface area contributed by atoms with Crippen LogP contribution >= 0.6 is 0 Å². The summed E-state index contributed by atoms with van der Waals surface area (Å²) in [5, 5.41) is 12.2. The summed E-state index contributed by atoms with van der Waals surface area (Å²) in [6, 6.07) is -0.406. The van der Waals surface area contributed by atoms with Crippen molar-refractivity contribution in [2.75, 3.05) is 26.2 Å². The van der Waals surface area contributed by atoms with E-state index in [9.17, 15) is 4.79 Å². The number of carboxylic acids is 1. The van der Waals surface area contributed by atoms with E-state index in [2.05, 4.69) is 24.1 Å². The molecular formula is C13H28N2O2. The Labute approximate surface area is 105 Å². The molecule has 0 unspecified atom stereocenters. The van der Waals surface area contributed by atoms with E-state index >= 15 is 0 Å². The third-order valence-corrected chi connectivity index (χ3v) is 3.39. The van der Waals surface area contributed by atoms with Gasteiger partial charge in [0, 0.05) is 0 Å². The summed E-state index contributed by atoms with van der Waals surface area (Å²) in [4.78, 5) is 13.4. The second-order valence-electron chi connectivity index (χ2n) is 4.54. The first kappa shape index (κ1) is 16.4. The van der Waals surface area contributed by atoms with Crippen LogP contribution in [0.3, 0.4) is 0 Å². The Morgan fingerprint density at radius 3 is 2.29 bits per heavy atom. The van der Waals surface area contributed by atoms with Crippen molar-refractivity contribution in [3.8, 4) is 0 Å². The van der Waals surface area contributed by atoms with Crippen molar-refractivity contribution >= 4 is 5.97 Å². The van der Waals surface area contributed by atoms with Gasteiger partial charge in [-0.2, -0.15) is 0 Å². The average molecular weight is 244 g/mol. The minimum Gasteiger partial charge on any atom is -0.480 e. The highest BCUT2D eigenvalue weighted by Crippen LogP contribution is 2.07. The standard InChI is InChI=1S/C13H28N2O2/c1-5-11(4)12(13(16)17)14-9-8-10-15(6-2)7-3/h11-12,14H,5-10H2,1-4H3,(H,16,17)/t11-,12-/m0/s1. The fourth-order valence-corrected chi connectivity index (χ4v) is 1.87. The molecule has 4 heteroatoms. The molecule has 0 amide bonds. The summed E-state index contributed by atoms with van der Waals surface area (Å²) in [7, 11) is 0. The SMILES string of the molecule is CC[C@H](C)[C@H](NCCCN(CC)CC)C(=O)O. The molecule has 0 spiro atoms. The Kier molecular flexibility index (Phi) is 9.09. The van der Waals surface area contributed by atoms with E-state index < -0.39 is 12.0 Å². The number of hydrogen-bond donors (Lipinski definition) is 2. The van der Waals surface area contributed by atoms with Gasteiger partial charge in [-0.05, 0) is 38.5 Å². The van der Waals surface area contributed by atoms with Gasteiger partial charge >= 0.3 is 5.97 Å². The highest BCUT2D eigenvalue weighted by Gasteiger charge is 2.22. The lowest BCUT2D eigenvalue weighted by Gasteiger charge is -2.22. The van der Waals surface area contributed by atoms with Gasteiger partial charge in [0.25, 0.3) is 0 Å². The molecular weight excluding hydrogens is 216 g/mol. The molecule has 0 aliphatic rings. The summed E-state index contributed by atoms with van der Waals surface area (Å²) in [6.45, 7) is 12.2. The van der Waals surface area contributed by atoms with Crippen LogP contribution in [-0.2, 0) is 4.79 Å². The first-order chi connectivity index (χ1) is 8.06. The Morgan fingerprint density at radius 2 is 1.88 bits per heavy atom. The molecule has 0 heterocycles. The molecule has 0 radical (unpaired) electrons. The lowest BCUT2D eigenvalue weighted by atomic mass is 9.99. The summed E-state index contributed by atoms with van der Waals surface area (Å²) in [6.07, 6.45) is 1.89. The molecule has 0 fully saturated rings. The van der Waals surface area contributed by atoms with Gasteiger partial charge in [-0.25, -0.2) is 0 Å². The Hall–Kier alpha value is -0.610. The molecule has 0 aromatic heterocycles. The van der Waals surface area contributed by atoms with Crippen LogP contribution in [0, 0.1) is 5.92 Å². The molecule has 0 aromatic carbocycles. The molecule has 2 N–H and O–H groups in total. The van der Waals surface area contributed by atoms with Crippen LogP contribution in [-0.4, -0.2) is 48.2 Å². The zero-order chi connectivity index (χ0) is 13.3.